The van der Waals surface area contributed by atoms with Gasteiger partial charge in [0.2, 0.25) is 0 Å². The Kier molecular flexibility index (Phi) is 3.69. The molecule has 0 aromatic carbocycles. The van der Waals surface area contributed by atoms with E-state index in [0.29, 0.717) is 13.0 Å². The molecular formula is C12H19NO2. The standard InChI is InChI=1S/C12H19NO2/c1-12(2)8-11(14)10(9-15-12)6-5-7-13(3)4/h5-7H,8-9H2,1-4H3. The molecule has 1 rings (SSSR count). The van der Waals surface area contributed by atoms with Gasteiger partial charge >= 0.3 is 0 Å². The lowest BCUT2D eigenvalue weighted by molar-refractivity contribution is -0.127. The van der Waals surface area contributed by atoms with Gasteiger partial charge in [0.1, 0.15) is 0 Å². The Morgan fingerprint density at radius 2 is 2.07 bits per heavy atom. The molecule has 0 spiro atoms. The number of carbonyl (C=O) groups excluding carboxylic acids is 1. The normalized spacial score (nSPS) is 23.7. The Hall–Kier alpha value is -1.09. The summed E-state index contributed by atoms with van der Waals surface area (Å²) in [6.45, 7) is 4.30. The van der Waals surface area contributed by atoms with Crippen LogP contribution in [0.5, 0.6) is 0 Å². The molecule has 0 atom stereocenters. The number of rotatable bonds is 2. The van der Waals surface area contributed by atoms with E-state index in [0.717, 1.165) is 5.57 Å². The third-order valence-electron chi connectivity index (χ3n) is 2.24. The highest BCUT2D eigenvalue weighted by Crippen LogP contribution is 2.24. The third-order valence-corrected chi connectivity index (χ3v) is 2.24. The molecule has 0 saturated carbocycles. The topological polar surface area (TPSA) is 29.5 Å². The molecule has 0 unspecified atom stereocenters. The van der Waals surface area contributed by atoms with Gasteiger partial charge in [0.15, 0.2) is 5.78 Å². The summed E-state index contributed by atoms with van der Waals surface area (Å²) >= 11 is 0. The summed E-state index contributed by atoms with van der Waals surface area (Å²) in [7, 11) is 3.88. The lowest BCUT2D eigenvalue weighted by atomic mass is 9.94. The SMILES string of the molecule is CN(C)C=CC=C1COC(C)(C)CC1=O. The Morgan fingerprint density at radius 3 is 2.60 bits per heavy atom. The zero-order valence-electron chi connectivity index (χ0n) is 9.91. The maximum atomic E-state index is 11.7. The lowest BCUT2D eigenvalue weighted by Crippen LogP contribution is -2.35. The highest BCUT2D eigenvalue weighted by Gasteiger charge is 2.29. The second-order valence-corrected chi connectivity index (χ2v) is 4.65. The molecule has 3 nitrogen and oxygen atoms in total. The van der Waals surface area contributed by atoms with Crippen molar-refractivity contribution >= 4 is 5.78 Å². The largest absolute Gasteiger partial charge is 0.383 e. The average Bonchev–Trinajstić information content (AvgIpc) is 2.07. The molecule has 0 amide bonds. The van der Waals surface area contributed by atoms with Gasteiger partial charge in [-0.2, -0.15) is 0 Å². The van der Waals surface area contributed by atoms with Crippen LogP contribution in [0, 0.1) is 0 Å². The van der Waals surface area contributed by atoms with Crippen LogP contribution < -0.4 is 0 Å². The summed E-state index contributed by atoms with van der Waals surface area (Å²) in [5.41, 5.74) is 0.451. The first-order chi connectivity index (χ1) is 6.91. The maximum absolute atomic E-state index is 11.7. The molecule has 1 fully saturated rings. The molecule has 0 aliphatic carbocycles. The van der Waals surface area contributed by atoms with E-state index in [1.54, 1.807) is 0 Å². The van der Waals surface area contributed by atoms with Gasteiger partial charge in [-0.15, -0.1) is 0 Å². The van der Waals surface area contributed by atoms with Crippen molar-refractivity contribution in [3.05, 3.63) is 23.9 Å². The first-order valence-electron chi connectivity index (χ1n) is 5.12. The van der Waals surface area contributed by atoms with Crippen LogP contribution in [0.1, 0.15) is 20.3 Å². The Balaban J connectivity index is 2.62. The minimum Gasteiger partial charge on any atom is -0.383 e. The van der Waals surface area contributed by atoms with Crippen molar-refractivity contribution in [2.45, 2.75) is 25.9 Å². The van der Waals surface area contributed by atoms with Gasteiger partial charge < -0.3 is 9.64 Å². The van der Waals surface area contributed by atoms with Gasteiger partial charge in [0, 0.05) is 26.1 Å². The van der Waals surface area contributed by atoms with Gasteiger partial charge in [-0.1, -0.05) is 6.08 Å². The van der Waals surface area contributed by atoms with E-state index in [-0.39, 0.29) is 11.4 Å². The van der Waals surface area contributed by atoms with E-state index in [1.807, 2.05) is 51.2 Å². The fourth-order valence-electron chi connectivity index (χ4n) is 1.38. The summed E-state index contributed by atoms with van der Waals surface area (Å²) < 4.78 is 5.57. The molecule has 0 N–H and O–H groups in total. The van der Waals surface area contributed by atoms with E-state index in [1.165, 1.54) is 0 Å². The molecule has 1 aliphatic heterocycles. The zero-order chi connectivity index (χ0) is 11.5. The third kappa shape index (κ3) is 3.88. The molecule has 0 radical (unpaired) electrons. The smallest absolute Gasteiger partial charge is 0.164 e. The predicted molar refractivity (Wildman–Crippen MR) is 60.6 cm³/mol. The van der Waals surface area contributed by atoms with Crippen molar-refractivity contribution in [1.29, 1.82) is 0 Å². The molecule has 15 heavy (non-hydrogen) atoms. The van der Waals surface area contributed by atoms with Gasteiger partial charge in [-0.25, -0.2) is 0 Å². The van der Waals surface area contributed by atoms with E-state index in [2.05, 4.69) is 0 Å². The summed E-state index contributed by atoms with van der Waals surface area (Å²) in [5, 5.41) is 0. The highest BCUT2D eigenvalue weighted by atomic mass is 16.5. The van der Waals surface area contributed by atoms with Gasteiger partial charge in [0.05, 0.1) is 12.2 Å². The van der Waals surface area contributed by atoms with E-state index >= 15 is 0 Å². The fourth-order valence-corrected chi connectivity index (χ4v) is 1.38. The Morgan fingerprint density at radius 1 is 1.40 bits per heavy atom. The molecule has 3 heteroatoms. The van der Waals surface area contributed by atoms with Crippen molar-refractivity contribution in [1.82, 2.24) is 4.90 Å². The van der Waals surface area contributed by atoms with Crippen molar-refractivity contribution in [3.8, 4) is 0 Å². The van der Waals surface area contributed by atoms with Crippen molar-refractivity contribution in [3.63, 3.8) is 0 Å². The van der Waals surface area contributed by atoms with Gasteiger partial charge in [-0.3, -0.25) is 4.79 Å². The molecule has 84 valence electrons. The summed E-state index contributed by atoms with van der Waals surface area (Å²) in [4.78, 5) is 13.6. The van der Waals surface area contributed by atoms with Crippen LogP contribution in [-0.4, -0.2) is 37.0 Å². The fraction of sp³-hybridized carbons (Fsp3) is 0.583. The Bertz CT molecular complexity index is 301. The second-order valence-electron chi connectivity index (χ2n) is 4.65. The van der Waals surface area contributed by atoms with Crippen LogP contribution in [-0.2, 0) is 9.53 Å². The van der Waals surface area contributed by atoms with Crippen LogP contribution >= 0.6 is 0 Å². The highest BCUT2D eigenvalue weighted by molar-refractivity contribution is 5.97. The predicted octanol–water partition coefficient (Wildman–Crippen LogP) is 1.76. The van der Waals surface area contributed by atoms with Crippen molar-refractivity contribution in [2.75, 3.05) is 20.7 Å². The number of hydrogen-bond donors (Lipinski definition) is 0. The van der Waals surface area contributed by atoms with Crippen LogP contribution in [0.15, 0.2) is 23.9 Å². The molecule has 0 aromatic rings. The van der Waals surface area contributed by atoms with E-state index in [9.17, 15) is 4.79 Å². The van der Waals surface area contributed by atoms with Crippen LogP contribution in [0.3, 0.4) is 0 Å². The van der Waals surface area contributed by atoms with Gasteiger partial charge in [-0.05, 0) is 26.1 Å². The van der Waals surface area contributed by atoms with Gasteiger partial charge in [0.25, 0.3) is 0 Å². The number of ketones is 1. The summed E-state index contributed by atoms with van der Waals surface area (Å²) in [5.74, 6) is 0.189. The van der Waals surface area contributed by atoms with Crippen LogP contribution in [0.2, 0.25) is 0 Å². The zero-order valence-corrected chi connectivity index (χ0v) is 9.91. The second kappa shape index (κ2) is 4.62. The number of hydrogen-bond acceptors (Lipinski definition) is 3. The minimum absolute atomic E-state index is 0.189. The number of carbonyl (C=O) groups is 1. The number of Topliss-reactive ketones (excluding diaryl/α,β-unsaturated/α-hetero) is 1. The van der Waals surface area contributed by atoms with Crippen molar-refractivity contribution < 1.29 is 9.53 Å². The van der Waals surface area contributed by atoms with E-state index in [4.69, 9.17) is 4.74 Å². The van der Waals surface area contributed by atoms with Crippen molar-refractivity contribution in [2.24, 2.45) is 0 Å². The molecule has 1 heterocycles. The quantitative estimate of drug-likeness (QED) is 0.649. The minimum atomic E-state index is -0.306. The number of allylic oxidation sites excluding steroid dienone is 2. The first-order valence-corrected chi connectivity index (χ1v) is 5.12. The van der Waals surface area contributed by atoms with Crippen LogP contribution in [0.4, 0.5) is 0 Å². The van der Waals surface area contributed by atoms with Crippen LogP contribution in [0.25, 0.3) is 0 Å². The molecule has 1 aliphatic rings. The molecule has 0 bridgehead atoms. The number of ether oxygens (including phenoxy) is 1. The molecule has 0 aromatic heterocycles. The summed E-state index contributed by atoms with van der Waals surface area (Å²) in [6.07, 6.45) is 6.07. The monoisotopic (exact) mass is 209 g/mol. The molecule has 1 saturated heterocycles. The Labute approximate surface area is 91.4 Å². The number of nitrogens with zero attached hydrogens (tertiary/aromatic N) is 1. The average molecular weight is 209 g/mol. The summed E-state index contributed by atoms with van der Waals surface area (Å²) in [6, 6.07) is 0. The molecular weight excluding hydrogens is 190 g/mol. The van der Waals surface area contributed by atoms with E-state index < -0.39 is 0 Å². The first kappa shape index (κ1) is 12.0. The lowest BCUT2D eigenvalue weighted by Gasteiger charge is -2.30. The maximum Gasteiger partial charge on any atom is 0.164 e.